The highest BCUT2D eigenvalue weighted by molar-refractivity contribution is 7.12. The third-order valence-corrected chi connectivity index (χ3v) is 8.21. The molecule has 1 aliphatic rings. The Bertz CT molecular complexity index is 939. The van der Waals surface area contributed by atoms with E-state index < -0.39 is 8.07 Å². The summed E-state index contributed by atoms with van der Waals surface area (Å²) >= 11 is 1.91. The van der Waals surface area contributed by atoms with Crippen LogP contribution in [0.25, 0.3) is 17.2 Å². The van der Waals surface area contributed by atoms with Crippen molar-refractivity contribution >= 4 is 30.7 Å². The molecule has 1 heterocycles. The van der Waals surface area contributed by atoms with Gasteiger partial charge in [-0.25, -0.2) is 0 Å². The lowest BCUT2D eigenvalue weighted by Gasteiger charge is -2.17. The van der Waals surface area contributed by atoms with Crippen LogP contribution in [0.1, 0.15) is 26.8 Å². The van der Waals surface area contributed by atoms with Gasteiger partial charge in [0.2, 0.25) is 0 Å². The Labute approximate surface area is 155 Å². The van der Waals surface area contributed by atoms with E-state index in [9.17, 15) is 0 Å². The van der Waals surface area contributed by atoms with Crippen LogP contribution in [0, 0.1) is 6.92 Å². The van der Waals surface area contributed by atoms with Crippen molar-refractivity contribution in [3.05, 3.63) is 81.6 Å². The first-order valence-electron chi connectivity index (χ1n) is 8.92. The lowest BCUT2D eigenvalue weighted by atomic mass is 9.93. The van der Waals surface area contributed by atoms with Gasteiger partial charge in [-0.3, -0.25) is 0 Å². The fourth-order valence-corrected chi connectivity index (χ4v) is 5.75. The summed E-state index contributed by atoms with van der Waals surface area (Å²) in [4.78, 5) is 2.83. The van der Waals surface area contributed by atoms with Crippen molar-refractivity contribution in [3.63, 3.8) is 0 Å². The summed E-state index contributed by atoms with van der Waals surface area (Å²) in [6.07, 6.45) is 4.67. The molecule has 0 nitrogen and oxygen atoms in total. The van der Waals surface area contributed by atoms with E-state index in [1.165, 1.54) is 37.2 Å². The van der Waals surface area contributed by atoms with Gasteiger partial charge < -0.3 is 0 Å². The molecule has 0 fully saturated rings. The van der Waals surface area contributed by atoms with E-state index in [1.807, 2.05) is 11.3 Å². The van der Waals surface area contributed by atoms with Gasteiger partial charge in [0.15, 0.2) is 0 Å². The smallest absolute Gasteiger partial charge is 0.0775 e. The molecule has 0 aliphatic heterocycles. The second-order valence-electron chi connectivity index (χ2n) is 7.92. The molecule has 1 atom stereocenters. The Balaban J connectivity index is 1.74. The zero-order chi connectivity index (χ0) is 17.6. The number of benzene rings is 2. The van der Waals surface area contributed by atoms with Crippen molar-refractivity contribution in [2.45, 2.75) is 32.5 Å². The van der Waals surface area contributed by atoms with E-state index in [-0.39, 0.29) is 0 Å². The van der Waals surface area contributed by atoms with Gasteiger partial charge in [0, 0.05) is 15.7 Å². The molecule has 1 unspecified atom stereocenters. The van der Waals surface area contributed by atoms with E-state index >= 15 is 0 Å². The number of hydrogen-bond acceptors (Lipinski definition) is 1. The minimum atomic E-state index is -1.24. The quantitative estimate of drug-likeness (QED) is 0.472. The topological polar surface area (TPSA) is 0 Å². The molecule has 2 aromatic carbocycles. The summed E-state index contributed by atoms with van der Waals surface area (Å²) in [6.45, 7) is 9.39. The number of thiophene rings is 1. The van der Waals surface area contributed by atoms with Gasteiger partial charge in [0.25, 0.3) is 0 Å². The molecule has 0 amide bonds. The lowest BCUT2D eigenvalue weighted by Crippen LogP contribution is -2.37. The molecule has 3 aromatic rings. The molecule has 0 radical (unpaired) electrons. The standard InChI is InChI=1S/C23H24SSi/c1-16-8-15-23(24-16)22-14-13-21-19(6-5-7-20(21)22)17-9-11-18(12-10-17)25(2,3)4/h5-15,22H,1-4H3. The average molecular weight is 361 g/mol. The van der Waals surface area contributed by atoms with Gasteiger partial charge in [-0.2, -0.15) is 0 Å². The minimum Gasteiger partial charge on any atom is -0.145 e. The molecule has 4 rings (SSSR count). The largest absolute Gasteiger partial charge is 0.145 e. The number of hydrogen-bond donors (Lipinski definition) is 0. The summed E-state index contributed by atoms with van der Waals surface area (Å²) in [5.41, 5.74) is 5.51. The number of allylic oxidation sites excluding steroid dienone is 1. The molecular weight excluding hydrogens is 336 g/mol. The van der Waals surface area contributed by atoms with Gasteiger partial charge >= 0.3 is 0 Å². The summed E-state index contributed by atoms with van der Waals surface area (Å²) in [7, 11) is -1.24. The summed E-state index contributed by atoms with van der Waals surface area (Å²) in [5.74, 6) is 0.412. The van der Waals surface area contributed by atoms with Crippen molar-refractivity contribution in [1.82, 2.24) is 0 Å². The van der Waals surface area contributed by atoms with Crippen LogP contribution in [-0.2, 0) is 0 Å². The fourth-order valence-electron chi connectivity index (χ4n) is 3.61. The molecule has 0 spiro atoms. The van der Waals surface area contributed by atoms with Crippen LogP contribution in [0.5, 0.6) is 0 Å². The highest BCUT2D eigenvalue weighted by Crippen LogP contribution is 2.41. The average Bonchev–Trinajstić information content (AvgIpc) is 3.19. The first-order chi connectivity index (χ1) is 11.9. The van der Waals surface area contributed by atoms with Gasteiger partial charge in [-0.05, 0) is 41.3 Å². The molecule has 0 saturated heterocycles. The second-order valence-corrected chi connectivity index (χ2v) is 14.3. The third-order valence-electron chi connectivity index (χ3n) is 5.06. The highest BCUT2D eigenvalue weighted by atomic mass is 32.1. The van der Waals surface area contributed by atoms with Crippen LogP contribution in [-0.4, -0.2) is 8.07 Å². The van der Waals surface area contributed by atoms with Crippen molar-refractivity contribution in [2.75, 3.05) is 0 Å². The lowest BCUT2D eigenvalue weighted by molar-refractivity contribution is 1.09. The molecule has 1 aliphatic carbocycles. The van der Waals surface area contributed by atoms with Gasteiger partial charge in [0.05, 0.1) is 8.07 Å². The van der Waals surface area contributed by atoms with Gasteiger partial charge in [0.1, 0.15) is 0 Å². The van der Waals surface area contributed by atoms with Crippen molar-refractivity contribution < 1.29 is 0 Å². The second kappa shape index (κ2) is 6.12. The summed E-state index contributed by atoms with van der Waals surface area (Å²) in [5, 5.41) is 1.52. The van der Waals surface area contributed by atoms with Gasteiger partial charge in [-0.1, -0.05) is 79.4 Å². The van der Waals surface area contributed by atoms with Crippen LogP contribution in [0.4, 0.5) is 0 Å². The van der Waals surface area contributed by atoms with Crippen molar-refractivity contribution in [2.24, 2.45) is 0 Å². The van der Waals surface area contributed by atoms with E-state index in [0.29, 0.717) is 5.92 Å². The molecule has 126 valence electrons. The first-order valence-corrected chi connectivity index (χ1v) is 13.2. The Morgan fingerprint density at radius 2 is 1.64 bits per heavy atom. The van der Waals surface area contributed by atoms with E-state index in [4.69, 9.17) is 0 Å². The Hall–Kier alpha value is -1.90. The zero-order valence-electron chi connectivity index (χ0n) is 15.3. The summed E-state index contributed by atoms with van der Waals surface area (Å²) < 4.78 is 0. The fraction of sp³-hybridized carbons (Fsp3) is 0.217. The van der Waals surface area contributed by atoms with Crippen molar-refractivity contribution in [1.29, 1.82) is 0 Å². The molecule has 0 N–H and O–H groups in total. The Kier molecular flexibility index (Phi) is 4.05. The molecular formula is C23H24SSi. The predicted molar refractivity (Wildman–Crippen MR) is 115 cm³/mol. The van der Waals surface area contributed by atoms with Crippen LogP contribution < -0.4 is 5.19 Å². The predicted octanol–water partition coefficient (Wildman–Crippen LogP) is 6.43. The highest BCUT2D eigenvalue weighted by Gasteiger charge is 2.23. The Morgan fingerprint density at radius 3 is 2.28 bits per heavy atom. The monoisotopic (exact) mass is 360 g/mol. The maximum atomic E-state index is 2.40. The molecule has 0 saturated carbocycles. The number of aryl methyl sites for hydroxylation is 1. The molecule has 25 heavy (non-hydrogen) atoms. The zero-order valence-corrected chi connectivity index (χ0v) is 17.2. The van der Waals surface area contributed by atoms with Crippen LogP contribution in [0.2, 0.25) is 19.6 Å². The molecule has 1 aromatic heterocycles. The normalized spacial score (nSPS) is 16.2. The van der Waals surface area contributed by atoms with E-state index in [1.54, 1.807) is 0 Å². The first kappa shape index (κ1) is 16.6. The number of fused-ring (bicyclic) bond motifs is 1. The molecule has 2 heteroatoms. The van der Waals surface area contributed by atoms with Crippen LogP contribution in [0.15, 0.2) is 60.7 Å². The van der Waals surface area contributed by atoms with Crippen molar-refractivity contribution in [3.8, 4) is 11.1 Å². The van der Waals surface area contributed by atoms with E-state index in [0.717, 1.165) is 0 Å². The van der Waals surface area contributed by atoms with Gasteiger partial charge in [-0.15, -0.1) is 11.3 Å². The number of rotatable bonds is 3. The Morgan fingerprint density at radius 1 is 0.880 bits per heavy atom. The van der Waals surface area contributed by atoms with E-state index in [2.05, 4.69) is 93.3 Å². The maximum Gasteiger partial charge on any atom is 0.0775 e. The molecule has 0 bridgehead atoms. The SMILES string of the molecule is Cc1ccc(C2C=Cc3c(-c4ccc([Si](C)(C)C)cc4)cccc32)s1. The third kappa shape index (κ3) is 3.05. The maximum absolute atomic E-state index is 2.40. The van der Waals surface area contributed by atoms with Crippen LogP contribution in [0.3, 0.4) is 0 Å². The summed E-state index contributed by atoms with van der Waals surface area (Å²) in [6, 6.07) is 20.5. The van der Waals surface area contributed by atoms with Crippen LogP contribution >= 0.6 is 11.3 Å². The minimum absolute atomic E-state index is 0.412.